The monoisotopic (exact) mass is 463 g/mol. The number of aryl methyl sites for hydroxylation is 1. The van der Waals surface area contributed by atoms with Gasteiger partial charge in [0.1, 0.15) is 16.9 Å². The number of hydrogen-bond acceptors (Lipinski definition) is 4. The molecule has 0 N–H and O–H groups in total. The summed E-state index contributed by atoms with van der Waals surface area (Å²) in [4.78, 5) is 38.8. The molecule has 152 valence electrons. The predicted molar refractivity (Wildman–Crippen MR) is 109 cm³/mol. The summed E-state index contributed by atoms with van der Waals surface area (Å²) in [5.41, 5.74) is -0.917. The minimum absolute atomic E-state index is 0.0483. The van der Waals surface area contributed by atoms with Crippen LogP contribution >= 0.6 is 15.9 Å². The minimum atomic E-state index is -0.864. The van der Waals surface area contributed by atoms with Gasteiger partial charge in [0.25, 0.3) is 5.56 Å². The van der Waals surface area contributed by atoms with Crippen molar-refractivity contribution in [3.63, 3.8) is 0 Å². The van der Waals surface area contributed by atoms with Gasteiger partial charge in [0.15, 0.2) is 0 Å². The Balaban J connectivity index is 2.12. The van der Waals surface area contributed by atoms with E-state index in [1.54, 1.807) is 31.4 Å². The summed E-state index contributed by atoms with van der Waals surface area (Å²) >= 11 is 3.19. The summed E-state index contributed by atoms with van der Waals surface area (Å²) in [6, 6.07) is 5.50. The molecule has 0 unspecified atom stereocenters. The molecule has 0 spiro atoms. The fourth-order valence-electron chi connectivity index (χ4n) is 3.66. The molecule has 2 aromatic heterocycles. The highest BCUT2D eigenvalue weighted by molar-refractivity contribution is 9.10. The van der Waals surface area contributed by atoms with Crippen LogP contribution in [-0.2, 0) is 17.7 Å². The molecule has 9 heteroatoms. The highest BCUT2D eigenvalue weighted by Gasteiger charge is 2.30. The van der Waals surface area contributed by atoms with E-state index in [9.17, 15) is 18.8 Å². The van der Waals surface area contributed by atoms with Gasteiger partial charge in [0.2, 0.25) is 0 Å². The maximum Gasteiger partial charge on any atom is 0.423 e. The van der Waals surface area contributed by atoms with Crippen LogP contribution in [0.5, 0.6) is 0 Å². The molecule has 0 fully saturated rings. The number of imidazole rings is 1. The Bertz CT molecular complexity index is 1280. The lowest BCUT2D eigenvalue weighted by Gasteiger charge is -2.19. The number of carbonyl (C=O) groups is 1. The van der Waals surface area contributed by atoms with Crippen molar-refractivity contribution in [2.24, 2.45) is 0 Å². The summed E-state index contributed by atoms with van der Waals surface area (Å²) in [5.74, 6) is -0.662. The maximum absolute atomic E-state index is 14.7. The normalized spacial score (nSPS) is 13.7. The van der Waals surface area contributed by atoms with Crippen LogP contribution in [0, 0.1) is 5.82 Å². The van der Waals surface area contributed by atoms with Gasteiger partial charge in [0, 0.05) is 22.8 Å². The van der Waals surface area contributed by atoms with Crippen molar-refractivity contribution in [2.75, 3.05) is 0 Å². The van der Waals surface area contributed by atoms with Crippen LogP contribution in [0.3, 0.4) is 0 Å². The molecule has 0 aliphatic carbocycles. The van der Waals surface area contributed by atoms with Gasteiger partial charge in [-0.25, -0.2) is 14.0 Å². The molecule has 7 nitrogen and oxygen atoms in total. The molecule has 0 saturated carbocycles. The van der Waals surface area contributed by atoms with Gasteiger partial charge < -0.3 is 9.30 Å². The average molecular weight is 464 g/mol. The first-order valence-corrected chi connectivity index (χ1v) is 9.97. The molecule has 0 saturated heterocycles. The van der Waals surface area contributed by atoms with E-state index in [2.05, 4.69) is 15.9 Å². The van der Waals surface area contributed by atoms with Crippen molar-refractivity contribution in [1.82, 2.24) is 13.7 Å². The number of ether oxygens (including phenoxy) is 1. The largest absolute Gasteiger partial charge is 0.443 e. The van der Waals surface area contributed by atoms with Gasteiger partial charge >= 0.3 is 11.8 Å². The Morgan fingerprint density at radius 3 is 2.59 bits per heavy atom. The fourth-order valence-corrected chi connectivity index (χ4v) is 3.99. The van der Waals surface area contributed by atoms with Crippen molar-refractivity contribution < 1.29 is 13.9 Å². The van der Waals surface area contributed by atoms with E-state index in [4.69, 9.17) is 4.74 Å². The van der Waals surface area contributed by atoms with Gasteiger partial charge in [-0.3, -0.25) is 9.36 Å². The Labute approximate surface area is 173 Å². The quantitative estimate of drug-likeness (QED) is 0.552. The lowest BCUT2D eigenvalue weighted by Crippen LogP contribution is -2.34. The highest BCUT2D eigenvalue weighted by Crippen LogP contribution is 2.27. The zero-order valence-corrected chi connectivity index (χ0v) is 17.7. The second-order valence-electron chi connectivity index (χ2n) is 7.95. The third kappa shape index (κ3) is 3.23. The standard InChI is InChI=1S/C20H19BrFN3O4/c1-20(2,3)29-19(28)25-17-14-5-4-8-23(14)16(26)10-15(17)24(18(25)27)13-7-6-11(21)9-12(13)22/h6-7,9-10H,4-5,8H2,1-3H3. The van der Waals surface area contributed by atoms with E-state index in [0.717, 1.165) is 9.13 Å². The Hall–Kier alpha value is -2.68. The van der Waals surface area contributed by atoms with E-state index in [1.165, 1.54) is 18.2 Å². The number of pyridine rings is 1. The van der Waals surface area contributed by atoms with Crippen molar-refractivity contribution in [3.8, 4) is 5.69 Å². The van der Waals surface area contributed by atoms with Crippen LogP contribution in [0.2, 0.25) is 0 Å². The minimum Gasteiger partial charge on any atom is -0.443 e. The second kappa shape index (κ2) is 6.69. The van der Waals surface area contributed by atoms with Gasteiger partial charge in [-0.15, -0.1) is 0 Å². The Kier molecular flexibility index (Phi) is 4.53. The third-order valence-corrected chi connectivity index (χ3v) is 5.23. The lowest BCUT2D eigenvalue weighted by molar-refractivity contribution is 0.0537. The number of carbonyl (C=O) groups excluding carboxylic acids is 1. The van der Waals surface area contributed by atoms with Crippen LogP contribution in [0.4, 0.5) is 9.18 Å². The maximum atomic E-state index is 14.7. The summed E-state index contributed by atoms with van der Waals surface area (Å²) in [7, 11) is 0. The van der Waals surface area contributed by atoms with Gasteiger partial charge in [-0.2, -0.15) is 4.57 Å². The zero-order chi connectivity index (χ0) is 21.1. The number of hydrogen-bond donors (Lipinski definition) is 0. The molecular formula is C20H19BrFN3O4. The smallest absolute Gasteiger partial charge is 0.423 e. The van der Waals surface area contributed by atoms with Crippen LogP contribution in [0.1, 0.15) is 32.9 Å². The van der Waals surface area contributed by atoms with Gasteiger partial charge in [-0.1, -0.05) is 15.9 Å². The summed E-state index contributed by atoms with van der Waals surface area (Å²) in [5, 5.41) is 0. The second-order valence-corrected chi connectivity index (χ2v) is 8.86. The summed E-state index contributed by atoms with van der Waals surface area (Å²) in [6.07, 6.45) is 0.383. The number of aromatic nitrogens is 3. The van der Waals surface area contributed by atoms with Crippen molar-refractivity contribution >= 4 is 33.1 Å². The van der Waals surface area contributed by atoms with Crippen molar-refractivity contribution in [3.05, 3.63) is 61.1 Å². The first-order valence-electron chi connectivity index (χ1n) is 9.17. The molecule has 1 aliphatic rings. The molecule has 3 heterocycles. The SMILES string of the molecule is CC(C)(C)OC(=O)n1c(=O)n(-c2ccc(Br)cc2F)c2cc(=O)n3c(c21)CCC3. The highest BCUT2D eigenvalue weighted by atomic mass is 79.9. The third-order valence-electron chi connectivity index (χ3n) is 4.74. The number of nitrogens with zero attached hydrogens (tertiary/aromatic N) is 3. The number of fused-ring (bicyclic) bond motifs is 3. The predicted octanol–water partition coefficient (Wildman–Crippen LogP) is 3.58. The van der Waals surface area contributed by atoms with Crippen molar-refractivity contribution in [2.45, 2.75) is 45.8 Å². The molecule has 0 atom stereocenters. The first-order chi connectivity index (χ1) is 13.6. The molecule has 1 aromatic carbocycles. The zero-order valence-electron chi connectivity index (χ0n) is 16.2. The van der Waals surface area contributed by atoms with E-state index in [-0.39, 0.29) is 22.3 Å². The van der Waals surface area contributed by atoms with Crippen molar-refractivity contribution in [1.29, 1.82) is 0 Å². The molecule has 0 radical (unpaired) electrons. The lowest BCUT2D eigenvalue weighted by atomic mass is 10.2. The molecule has 0 bridgehead atoms. The topological polar surface area (TPSA) is 75.2 Å². The first kappa shape index (κ1) is 19.6. The van der Waals surface area contributed by atoms with E-state index in [0.29, 0.717) is 29.6 Å². The van der Waals surface area contributed by atoms with Crippen LogP contribution in [0.25, 0.3) is 16.7 Å². The summed E-state index contributed by atoms with van der Waals surface area (Å²) < 4.78 is 24.1. The molecular weight excluding hydrogens is 445 g/mol. The fraction of sp³-hybridized carbons (Fsp3) is 0.350. The Morgan fingerprint density at radius 2 is 1.93 bits per heavy atom. The van der Waals surface area contributed by atoms with E-state index >= 15 is 0 Å². The molecule has 4 rings (SSSR count). The van der Waals surface area contributed by atoms with Crippen LogP contribution < -0.4 is 11.2 Å². The van der Waals surface area contributed by atoms with Crippen LogP contribution in [-0.4, -0.2) is 25.4 Å². The van der Waals surface area contributed by atoms with Gasteiger partial charge in [0.05, 0.1) is 11.2 Å². The number of rotatable bonds is 1. The Morgan fingerprint density at radius 1 is 1.21 bits per heavy atom. The number of halogens is 2. The molecule has 0 amide bonds. The van der Waals surface area contributed by atoms with E-state index < -0.39 is 23.2 Å². The van der Waals surface area contributed by atoms with E-state index in [1.807, 2.05) is 0 Å². The molecule has 3 aromatic rings. The average Bonchev–Trinajstić information content (AvgIpc) is 3.17. The summed E-state index contributed by atoms with van der Waals surface area (Å²) in [6.45, 7) is 5.58. The molecule has 1 aliphatic heterocycles. The molecule has 29 heavy (non-hydrogen) atoms. The van der Waals surface area contributed by atoms with Crippen LogP contribution in [0.15, 0.2) is 38.3 Å². The van der Waals surface area contributed by atoms with Gasteiger partial charge in [-0.05, 0) is 51.8 Å². The number of benzene rings is 1.